The molecule has 2 N–H and O–H groups in total. The van der Waals surface area contributed by atoms with Crippen molar-refractivity contribution in [2.45, 2.75) is 4.90 Å². The second-order valence-electron chi connectivity index (χ2n) is 5.40. The van der Waals surface area contributed by atoms with Crippen LogP contribution in [-0.4, -0.2) is 14.3 Å². The van der Waals surface area contributed by atoms with Crippen LogP contribution in [0.3, 0.4) is 0 Å². The summed E-state index contributed by atoms with van der Waals surface area (Å²) in [6, 6.07) is 12.9. The first-order valence-electron chi connectivity index (χ1n) is 7.11. The maximum atomic E-state index is 13.0. The number of rotatable bonds is 3. The van der Waals surface area contributed by atoms with Crippen LogP contribution in [-0.2, 0) is 10.0 Å². The molecule has 0 aliphatic carbocycles. The number of halogens is 1. The van der Waals surface area contributed by atoms with E-state index < -0.39 is 15.8 Å². The molecule has 120 valence electrons. The van der Waals surface area contributed by atoms with Crippen LogP contribution in [0, 0.1) is 5.82 Å². The molecule has 1 heterocycles. The highest BCUT2D eigenvalue weighted by molar-refractivity contribution is 7.92. The standard InChI is InChI=1S/C17H11FN2O3S/c18-10-4-6-11(7-5-10)24(22,23)20-14-8-9-15-16-12(14)2-1-3-13(16)17(21)19-15/h1-9,20H,(H,19,21). The molecule has 0 saturated heterocycles. The van der Waals surface area contributed by atoms with E-state index >= 15 is 0 Å². The molecule has 1 aliphatic heterocycles. The van der Waals surface area contributed by atoms with Gasteiger partial charge in [-0.25, -0.2) is 12.8 Å². The lowest BCUT2D eigenvalue weighted by Crippen LogP contribution is -2.13. The van der Waals surface area contributed by atoms with Crippen molar-refractivity contribution >= 4 is 38.1 Å². The Morgan fingerprint density at radius 3 is 2.46 bits per heavy atom. The summed E-state index contributed by atoms with van der Waals surface area (Å²) < 4.78 is 40.5. The maximum absolute atomic E-state index is 13.0. The molecule has 1 aliphatic rings. The molecule has 0 unspecified atom stereocenters. The first kappa shape index (κ1) is 14.6. The molecular weight excluding hydrogens is 331 g/mol. The summed E-state index contributed by atoms with van der Waals surface area (Å²) in [7, 11) is -3.86. The van der Waals surface area contributed by atoms with Gasteiger partial charge >= 0.3 is 0 Å². The monoisotopic (exact) mass is 342 g/mol. The van der Waals surface area contributed by atoms with Crippen molar-refractivity contribution in [2.75, 3.05) is 10.0 Å². The number of hydrogen-bond acceptors (Lipinski definition) is 3. The van der Waals surface area contributed by atoms with E-state index in [1.165, 1.54) is 12.1 Å². The molecule has 0 spiro atoms. The number of carbonyl (C=O) groups excluding carboxylic acids is 1. The van der Waals surface area contributed by atoms with Gasteiger partial charge < -0.3 is 5.32 Å². The molecule has 0 aromatic heterocycles. The molecule has 4 rings (SSSR count). The van der Waals surface area contributed by atoms with E-state index in [2.05, 4.69) is 10.0 Å². The summed E-state index contributed by atoms with van der Waals surface area (Å²) in [5.41, 5.74) is 1.51. The molecule has 1 amide bonds. The van der Waals surface area contributed by atoms with Gasteiger partial charge in [0.15, 0.2) is 0 Å². The van der Waals surface area contributed by atoms with Crippen molar-refractivity contribution < 1.29 is 17.6 Å². The van der Waals surface area contributed by atoms with Crippen LogP contribution < -0.4 is 10.0 Å². The Bertz CT molecular complexity index is 1090. The minimum Gasteiger partial charge on any atom is -0.321 e. The Kier molecular flexibility index (Phi) is 3.07. The van der Waals surface area contributed by atoms with Gasteiger partial charge in [-0.15, -0.1) is 0 Å². The fourth-order valence-electron chi connectivity index (χ4n) is 2.80. The smallest absolute Gasteiger partial charge is 0.261 e. The van der Waals surface area contributed by atoms with Gasteiger partial charge in [-0.05, 0) is 42.5 Å². The van der Waals surface area contributed by atoms with Crippen molar-refractivity contribution in [3.8, 4) is 0 Å². The molecule has 0 fully saturated rings. The quantitative estimate of drug-likeness (QED) is 0.766. The third kappa shape index (κ3) is 2.21. The summed E-state index contributed by atoms with van der Waals surface area (Å²) in [5.74, 6) is -0.724. The summed E-state index contributed by atoms with van der Waals surface area (Å²) in [4.78, 5) is 11.9. The second kappa shape index (κ2) is 5.04. The zero-order valence-electron chi connectivity index (χ0n) is 12.2. The van der Waals surface area contributed by atoms with Gasteiger partial charge in [0.1, 0.15) is 5.82 Å². The average molecular weight is 342 g/mol. The van der Waals surface area contributed by atoms with Gasteiger partial charge in [0.25, 0.3) is 15.9 Å². The Balaban J connectivity index is 1.83. The molecule has 24 heavy (non-hydrogen) atoms. The topological polar surface area (TPSA) is 75.3 Å². The molecule has 7 heteroatoms. The Labute approximate surface area is 137 Å². The van der Waals surface area contributed by atoms with Crippen LogP contribution in [0.4, 0.5) is 15.8 Å². The van der Waals surface area contributed by atoms with E-state index in [1.807, 2.05) is 0 Å². The third-order valence-electron chi connectivity index (χ3n) is 3.90. The second-order valence-corrected chi connectivity index (χ2v) is 7.08. The number of amides is 1. The average Bonchev–Trinajstić information content (AvgIpc) is 2.88. The fourth-order valence-corrected chi connectivity index (χ4v) is 3.88. The molecule has 5 nitrogen and oxygen atoms in total. The van der Waals surface area contributed by atoms with E-state index in [-0.39, 0.29) is 10.8 Å². The van der Waals surface area contributed by atoms with Gasteiger partial charge in [0, 0.05) is 22.0 Å². The molecular formula is C17H11FN2O3S. The van der Waals surface area contributed by atoms with Crippen molar-refractivity contribution in [3.63, 3.8) is 0 Å². The first-order valence-corrected chi connectivity index (χ1v) is 8.59. The van der Waals surface area contributed by atoms with E-state index in [1.54, 1.807) is 30.3 Å². The van der Waals surface area contributed by atoms with Crippen molar-refractivity contribution in [3.05, 3.63) is 66.0 Å². The summed E-state index contributed by atoms with van der Waals surface area (Å²) >= 11 is 0. The highest BCUT2D eigenvalue weighted by Gasteiger charge is 2.23. The minimum absolute atomic E-state index is 0.0404. The Hall–Kier alpha value is -2.93. The van der Waals surface area contributed by atoms with Crippen LogP contribution in [0.15, 0.2) is 59.5 Å². The third-order valence-corrected chi connectivity index (χ3v) is 5.28. The summed E-state index contributed by atoms with van der Waals surface area (Å²) in [6.07, 6.45) is 0. The molecule has 3 aromatic rings. The highest BCUT2D eigenvalue weighted by Crippen LogP contribution is 2.37. The molecule has 0 atom stereocenters. The Morgan fingerprint density at radius 1 is 0.958 bits per heavy atom. The lowest BCUT2D eigenvalue weighted by molar-refractivity contribution is 0.103. The predicted octanol–water partition coefficient (Wildman–Crippen LogP) is 3.35. The summed E-state index contributed by atoms with van der Waals surface area (Å²) in [5, 5.41) is 4.04. The fraction of sp³-hybridized carbons (Fsp3) is 0. The molecule has 3 aromatic carbocycles. The van der Waals surface area contributed by atoms with Crippen molar-refractivity contribution in [1.82, 2.24) is 0 Å². The molecule has 0 bridgehead atoms. The van der Waals surface area contributed by atoms with Crippen LogP contribution in [0.5, 0.6) is 0 Å². The highest BCUT2D eigenvalue weighted by atomic mass is 32.2. The molecule has 0 radical (unpaired) electrons. The predicted molar refractivity (Wildman–Crippen MR) is 89.1 cm³/mol. The SMILES string of the molecule is O=C1Nc2ccc(NS(=O)(=O)c3ccc(F)cc3)c3cccc1c23. The minimum atomic E-state index is -3.86. The van der Waals surface area contributed by atoms with Crippen LogP contribution >= 0.6 is 0 Å². The van der Waals surface area contributed by atoms with E-state index in [0.717, 1.165) is 12.1 Å². The first-order chi connectivity index (χ1) is 11.5. The van der Waals surface area contributed by atoms with Gasteiger partial charge in [-0.2, -0.15) is 0 Å². The van der Waals surface area contributed by atoms with E-state index in [4.69, 9.17) is 0 Å². The normalized spacial score (nSPS) is 13.1. The zero-order chi connectivity index (χ0) is 16.9. The van der Waals surface area contributed by atoms with Crippen molar-refractivity contribution in [1.29, 1.82) is 0 Å². The number of benzene rings is 3. The van der Waals surface area contributed by atoms with Crippen LogP contribution in [0.1, 0.15) is 10.4 Å². The van der Waals surface area contributed by atoms with Gasteiger partial charge in [0.05, 0.1) is 10.6 Å². The van der Waals surface area contributed by atoms with E-state index in [9.17, 15) is 17.6 Å². The summed E-state index contributed by atoms with van der Waals surface area (Å²) in [6.45, 7) is 0. The van der Waals surface area contributed by atoms with Gasteiger partial charge in [-0.1, -0.05) is 12.1 Å². The zero-order valence-corrected chi connectivity index (χ0v) is 13.0. The maximum Gasteiger partial charge on any atom is 0.261 e. The van der Waals surface area contributed by atoms with Gasteiger partial charge in [-0.3, -0.25) is 9.52 Å². The van der Waals surface area contributed by atoms with Gasteiger partial charge in [0.2, 0.25) is 0 Å². The molecule has 0 saturated carbocycles. The Morgan fingerprint density at radius 2 is 1.71 bits per heavy atom. The number of anilines is 2. The van der Waals surface area contributed by atoms with Crippen LogP contribution in [0.25, 0.3) is 10.8 Å². The number of sulfonamides is 1. The van der Waals surface area contributed by atoms with E-state index in [0.29, 0.717) is 27.7 Å². The number of hydrogen-bond donors (Lipinski definition) is 2. The van der Waals surface area contributed by atoms with Crippen molar-refractivity contribution in [2.24, 2.45) is 0 Å². The number of nitrogens with one attached hydrogen (secondary N) is 2. The van der Waals surface area contributed by atoms with Crippen LogP contribution in [0.2, 0.25) is 0 Å². The lowest BCUT2D eigenvalue weighted by atomic mass is 10.0. The largest absolute Gasteiger partial charge is 0.321 e. The number of carbonyl (C=O) groups is 1. The lowest BCUT2D eigenvalue weighted by Gasteiger charge is -2.11.